The standard InChI is InChI=1S/C18H24N2O5/c1-5-6-9-24-16(21)18(4)11-13(10-17(2,3)25-18)15-8-7-14(12-19-15)20(22)23/h7-8,11-12H,5-6,9-10H2,1-4H3. The molecule has 1 atom stereocenters. The van der Waals surface area contributed by atoms with Crippen molar-refractivity contribution in [3.8, 4) is 0 Å². The lowest BCUT2D eigenvalue weighted by Crippen LogP contribution is -2.48. The van der Waals surface area contributed by atoms with Crippen LogP contribution in [0.5, 0.6) is 0 Å². The van der Waals surface area contributed by atoms with Crippen LogP contribution in [0.4, 0.5) is 5.69 Å². The summed E-state index contributed by atoms with van der Waals surface area (Å²) in [6.07, 6.45) is 5.20. The summed E-state index contributed by atoms with van der Waals surface area (Å²) in [7, 11) is 0. The minimum atomic E-state index is -1.21. The summed E-state index contributed by atoms with van der Waals surface area (Å²) in [5, 5.41) is 10.8. The Kier molecular flexibility index (Phi) is 5.57. The Balaban J connectivity index is 2.30. The van der Waals surface area contributed by atoms with Crippen LogP contribution in [0.25, 0.3) is 5.57 Å². The van der Waals surface area contributed by atoms with Crippen LogP contribution >= 0.6 is 0 Å². The third-order valence-electron chi connectivity index (χ3n) is 3.98. The van der Waals surface area contributed by atoms with Crippen LogP contribution in [0.3, 0.4) is 0 Å². The fourth-order valence-corrected chi connectivity index (χ4v) is 2.88. The molecule has 0 spiro atoms. The predicted molar refractivity (Wildman–Crippen MR) is 92.9 cm³/mol. The van der Waals surface area contributed by atoms with Crippen molar-refractivity contribution < 1.29 is 19.2 Å². The number of unbranched alkanes of at least 4 members (excludes halogenated alkanes) is 1. The third-order valence-corrected chi connectivity index (χ3v) is 3.98. The molecule has 0 N–H and O–H groups in total. The van der Waals surface area contributed by atoms with E-state index in [2.05, 4.69) is 4.98 Å². The molecule has 7 nitrogen and oxygen atoms in total. The molecule has 7 heteroatoms. The highest BCUT2D eigenvalue weighted by Gasteiger charge is 2.44. The van der Waals surface area contributed by atoms with Crippen LogP contribution in [0.2, 0.25) is 0 Å². The van der Waals surface area contributed by atoms with Crippen molar-refractivity contribution in [3.63, 3.8) is 0 Å². The van der Waals surface area contributed by atoms with E-state index in [4.69, 9.17) is 9.47 Å². The summed E-state index contributed by atoms with van der Waals surface area (Å²) in [5.41, 5.74) is -0.478. The van der Waals surface area contributed by atoms with Gasteiger partial charge in [-0.05, 0) is 44.9 Å². The van der Waals surface area contributed by atoms with E-state index >= 15 is 0 Å². The van der Waals surface area contributed by atoms with E-state index in [1.54, 1.807) is 19.1 Å². The zero-order valence-electron chi connectivity index (χ0n) is 15.1. The van der Waals surface area contributed by atoms with E-state index in [9.17, 15) is 14.9 Å². The average molecular weight is 348 g/mol. The molecule has 2 heterocycles. The molecule has 0 saturated carbocycles. The van der Waals surface area contributed by atoms with Crippen LogP contribution in [-0.4, -0.2) is 33.7 Å². The van der Waals surface area contributed by atoms with Crippen LogP contribution in [0.15, 0.2) is 24.4 Å². The Morgan fingerprint density at radius 1 is 1.40 bits per heavy atom. The van der Waals surface area contributed by atoms with Crippen molar-refractivity contribution in [1.29, 1.82) is 0 Å². The van der Waals surface area contributed by atoms with Crippen molar-refractivity contribution in [1.82, 2.24) is 4.98 Å². The Hall–Kier alpha value is -2.28. The van der Waals surface area contributed by atoms with Gasteiger partial charge in [-0.3, -0.25) is 10.1 Å². The Morgan fingerprint density at radius 3 is 2.68 bits per heavy atom. The Labute approximate surface area is 147 Å². The molecule has 0 aromatic carbocycles. The Morgan fingerprint density at radius 2 is 2.12 bits per heavy atom. The lowest BCUT2D eigenvalue weighted by Gasteiger charge is -2.40. The number of hydrogen-bond acceptors (Lipinski definition) is 6. The maximum absolute atomic E-state index is 12.5. The normalized spacial score (nSPS) is 22.2. The van der Waals surface area contributed by atoms with E-state index in [1.165, 1.54) is 12.3 Å². The molecule has 1 aliphatic heterocycles. The summed E-state index contributed by atoms with van der Waals surface area (Å²) in [5.74, 6) is -0.437. The van der Waals surface area contributed by atoms with Crippen molar-refractivity contribution >= 4 is 17.2 Å². The fraction of sp³-hybridized carbons (Fsp3) is 0.556. The van der Waals surface area contributed by atoms with Crippen molar-refractivity contribution in [2.75, 3.05) is 6.61 Å². The van der Waals surface area contributed by atoms with Gasteiger partial charge in [0.15, 0.2) is 5.60 Å². The van der Waals surface area contributed by atoms with Gasteiger partial charge in [-0.1, -0.05) is 13.3 Å². The van der Waals surface area contributed by atoms with Gasteiger partial charge < -0.3 is 9.47 Å². The van der Waals surface area contributed by atoms with Crippen molar-refractivity contribution in [2.45, 2.75) is 58.2 Å². The molecule has 1 aromatic rings. The second-order valence-corrected chi connectivity index (χ2v) is 6.96. The van der Waals surface area contributed by atoms with E-state index in [1.807, 2.05) is 20.8 Å². The van der Waals surface area contributed by atoms with Crippen LogP contribution in [0, 0.1) is 10.1 Å². The van der Waals surface area contributed by atoms with E-state index in [0.29, 0.717) is 18.7 Å². The fourth-order valence-electron chi connectivity index (χ4n) is 2.88. The minimum absolute atomic E-state index is 0.0718. The van der Waals surface area contributed by atoms with Crippen molar-refractivity contribution in [2.24, 2.45) is 0 Å². The first-order valence-electron chi connectivity index (χ1n) is 8.37. The summed E-state index contributed by atoms with van der Waals surface area (Å²) >= 11 is 0. The molecule has 1 aliphatic rings. The number of hydrogen-bond donors (Lipinski definition) is 0. The molecule has 0 fully saturated rings. The number of carbonyl (C=O) groups excluding carboxylic acids is 1. The quantitative estimate of drug-likeness (QED) is 0.337. The van der Waals surface area contributed by atoms with E-state index in [0.717, 1.165) is 18.4 Å². The molecule has 0 saturated heterocycles. The number of carbonyl (C=O) groups is 1. The van der Waals surface area contributed by atoms with Gasteiger partial charge in [-0.2, -0.15) is 0 Å². The summed E-state index contributed by atoms with van der Waals surface area (Å²) in [6.45, 7) is 7.83. The topological polar surface area (TPSA) is 91.6 Å². The molecule has 136 valence electrons. The molecule has 1 aromatic heterocycles. The van der Waals surface area contributed by atoms with Gasteiger partial charge in [-0.15, -0.1) is 0 Å². The lowest BCUT2D eigenvalue weighted by atomic mass is 9.87. The number of esters is 1. The zero-order valence-corrected chi connectivity index (χ0v) is 15.1. The van der Waals surface area contributed by atoms with Gasteiger partial charge in [0.25, 0.3) is 5.69 Å². The maximum atomic E-state index is 12.5. The molecule has 0 bridgehead atoms. The van der Waals surface area contributed by atoms with Gasteiger partial charge in [0.1, 0.15) is 6.20 Å². The minimum Gasteiger partial charge on any atom is -0.463 e. The smallest absolute Gasteiger partial charge is 0.342 e. The number of pyridine rings is 1. The highest BCUT2D eigenvalue weighted by Crippen LogP contribution is 2.38. The molecule has 2 rings (SSSR count). The van der Waals surface area contributed by atoms with Crippen LogP contribution < -0.4 is 0 Å². The van der Waals surface area contributed by atoms with Gasteiger partial charge >= 0.3 is 5.97 Å². The molecule has 0 radical (unpaired) electrons. The maximum Gasteiger partial charge on any atom is 0.342 e. The molecule has 0 aliphatic carbocycles. The van der Waals surface area contributed by atoms with E-state index < -0.39 is 22.1 Å². The molecule has 1 unspecified atom stereocenters. The second kappa shape index (κ2) is 7.31. The first-order valence-corrected chi connectivity index (χ1v) is 8.37. The first kappa shape index (κ1) is 19.1. The SMILES string of the molecule is CCCCOC(=O)C1(C)C=C(c2ccc([N+](=O)[O-])cn2)CC(C)(C)O1. The second-order valence-electron chi connectivity index (χ2n) is 6.96. The predicted octanol–water partition coefficient (Wildman–Crippen LogP) is 3.67. The first-order chi connectivity index (χ1) is 11.7. The zero-order chi connectivity index (χ0) is 18.7. The summed E-state index contributed by atoms with van der Waals surface area (Å²) < 4.78 is 11.3. The number of nitro groups is 1. The molecular formula is C18H24N2O5. The van der Waals surface area contributed by atoms with Gasteiger partial charge in [0, 0.05) is 12.5 Å². The van der Waals surface area contributed by atoms with Crippen LogP contribution in [-0.2, 0) is 14.3 Å². The number of rotatable bonds is 6. The molecule has 0 amide bonds. The van der Waals surface area contributed by atoms with Gasteiger partial charge in [0.2, 0.25) is 0 Å². The largest absolute Gasteiger partial charge is 0.463 e. The highest BCUT2D eigenvalue weighted by molar-refractivity contribution is 5.85. The molecular weight excluding hydrogens is 324 g/mol. The Bertz CT molecular complexity index is 681. The number of ether oxygens (including phenoxy) is 2. The summed E-state index contributed by atoms with van der Waals surface area (Å²) in [4.78, 5) is 27.0. The lowest BCUT2D eigenvalue weighted by molar-refractivity contribution is -0.385. The van der Waals surface area contributed by atoms with Crippen LogP contribution in [0.1, 0.15) is 52.7 Å². The van der Waals surface area contributed by atoms with E-state index in [-0.39, 0.29) is 5.69 Å². The number of nitrogens with zero attached hydrogens (tertiary/aromatic N) is 2. The molecule has 25 heavy (non-hydrogen) atoms. The van der Waals surface area contributed by atoms with Crippen molar-refractivity contribution in [3.05, 3.63) is 40.2 Å². The highest BCUT2D eigenvalue weighted by atomic mass is 16.6. The van der Waals surface area contributed by atoms with Gasteiger partial charge in [0.05, 0.1) is 22.8 Å². The summed E-state index contributed by atoms with van der Waals surface area (Å²) in [6, 6.07) is 3.00. The number of aromatic nitrogens is 1. The third kappa shape index (κ3) is 4.63. The average Bonchev–Trinajstić information content (AvgIpc) is 2.53. The monoisotopic (exact) mass is 348 g/mol. The van der Waals surface area contributed by atoms with Gasteiger partial charge in [-0.25, -0.2) is 9.78 Å².